The number of hydrogen-bond acceptors (Lipinski definition) is 6. The molecule has 1 N–H and O–H groups in total. The van der Waals surface area contributed by atoms with Crippen molar-refractivity contribution in [2.24, 2.45) is 0 Å². The molecule has 2 aliphatic heterocycles. The van der Waals surface area contributed by atoms with E-state index in [0.717, 1.165) is 48.2 Å². The number of anilines is 1. The molecule has 0 bridgehead atoms. The van der Waals surface area contributed by atoms with E-state index in [0.29, 0.717) is 6.42 Å². The SMILES string of the molecule is CC(C)(C)OC(=O)N1[C@H](Cc2ccc(NC(=O)[C@@H]3CCc4ccnn43)cc2)CC[C@@H]1[C@H](O[Si](C)(C)C(C)(C)C)c1cccnc1. The van der Waals surface area contributed by atoms with Gasteiger partial charge in [-0.15, -0.1) is 0 Å². The van der Waals surface area contributed by atoms with Crippen molar-refractivity contribution in [1.82, 2.24) is 19.7 Å². The van der Waals surface area contributed by atoms with Crippen LogP contribution in [0.3, 0.4) is 0 Å². The highest BCUT2D eigenvalue weighted by Gasteiger charge is 2.47. The van der Waals surface area contributed by atoms with E-state index in [1.54, 1.807) is 12.4 Å². The number of benzene rings is 1. The van der Waals surface area contributed by atoms with Crippen molar-refractivity contribution >= 4 is 26.0 Å². The molecule has 0 spiro atoms. The van der Waals surface area contributed by atoms with Crippen LogP contribution in [0.1, 0.15) is 89.8 Å². The second-order valence-electron chi connectivity index (χ2n) is 15.0. The standard InChI is InChI=1S/C35H49N5O4Si/c1-34(2,3)43-33(42)39-28(16-17-29(39)31(25-10-9-20-36-23-25)44-45(7,8)35(4,5)6)22-24-11-13-26(14-12-24)38-32(41)30-18-15-27-19-21-37-40(27)30/h9-14,19-21,23,28-31H,15-18,22H2,1-8H3,(H,38,41)/t28-,29+,30-,31+/m0/s1. The van der Waals surface area contributed by atoms with Crippen molar-refractivity contribution in [3.63, 3.8) is 0 Å². The van der Waals surface area contributed by atoms with E-state index >= 15 is 0 Å². The van der Waals surface area contributed by atoms with Gasteiger partial charge in [-0.3, -0.25) is 19.4 Å². The van der Waals surface area contributed by atoms with Gasteiger partial charge in [0.1, 0.15) is 11.6 Å². The molecule has 1 saturated heterocycles. The molecular formula is C35H49N5O4Si. The van der Waals surface area contributed by atoms with Crippen molar-refractivity contribution in [3.8, 4) is 0 Å². The molecule has 3 aromatic rings. The lowest BCUT2D eigenvalue weighted by atomic mass is 10.0. The summed E-state index contributed by atoms with van der Waals surface area (Å²) in [5, 5.41) is 7.38. The number of pyridine rings is 1. The lowest BCUT2D eigenvalue weighted by Crippen LogP contribution is -2.50. The number of hydrogen-bond donors (Lipinski definition) is 1. The van der Waals surface area contributed by atoms with E-state index in [4.69, 9.17) is 9.16 Å². The Bertz CT molecular complexity index is 1480. The van der Waals surface area contributed by atoms with Crippen LogP contribution in [0.2, 0.25) is 18.1 Å². The average molecular weight is 632 g/mol. The maximum Gasteiger partial charge on any atom is 0.410 e. The lowest BCUT2D eigenvalue weighted by molar-refractivity contribution is -0.119. The molecule has 0 unspecified atom stereocenters. The van der Waals surface area contributed by atoms with Gasteiger partial charge in [-0.25, -0.2) is 4.79 Å². The molecule has 10 heteroatoms. The minimum absolute atomic E-state index is 0.00216. The maximum absolute atomic E-state index is 13.9. The number of carbonyl (C=O) groups is 2. The first-order chi connectivity index (χ1) is 21.1. The highest BCUT2D eigenvalue weighted by atomic mass is 28.4. The summed E-state index contributed by atoms with van der Waals surface area (Å²) in [6.45, 7) is 16.9. The predicted molar refractivity (Wildman–Crippen MR) is 179 cm³/mol. The van der Waals surface area contributed by atoms with Gasteiger partial charge in [0.25, 0.3) is 0 Å². The number of aryl methyl sites for hydroxylation is 1. The summed E-state index contributed by atoms with van der Waals surface area (Å²) < 4.78 is 14.9. The molecule has 1 aromatic carbocycles. The molecule has 5 rings (SSSR count). The third-order valence-corrected chi connectivity index (χ3v) is 13.9. The number of nitrogens with one attached hydrogen (secondary N) is 1. The molecule has 0 saturated carbocycles. The second kappa shape index (κ2) is 12.7. The lowest BCUT2D eigenvalue weighted by Gasteiger charge is -2.43. The number of ether oxygens (including phenoxy) is 1. The van der Waals surface area contributed by atoms with Gasteiger partial charge in [0, 0.05) is 36.0 Å². The summed E-state index contributed by atoms with van der Waals surface area (Å²) >= 11 is 0. The summed E-state index contributed by atoms with van der Waals surface area (Å²) in [5.41, 5.74) is 3.28. The molecule has 0 radical (unpaired) electrons. The fraction of sp³-hybridized carbons (Fsp3) is 0.543. The van der Waals surface area contributed by atoms with Crippen LogP contribution in [-0.2, 0) is 26.8 Å². The Labute approximate surface area is 268 Å². The van der Waals surface area contributed by atoms with Crippen LogP contribution in [0.5, 0.6) is 0 Å². The number of carbonyl (C=O) groups excluding carboxylic acids is 2. The molecule has 4 heterocycles. The molecule has 2 amide bonds. The zero-order chi connectivity index (χ0) is 32.6. The smallest absolute Gasteiger partial charge is 0.410 e. The van der Waals surface area contributed by atoms with Gasteiger partial charge in [0.2, 0.25) is 5.91 Å². The molecular weight excluding hydrogens is 583 g/mol. The zero-order valence-corrected chi connectivity index (χ0v) is 29.0. The van der Waals surface area contributed by atoms with Gasteiger partial charge >= 0.3 is 6.09 Å². The van der Waals surface area contributed by atoms with Crippen molar-refractivity contribution in [2.75, 3.05) is 5.32 Å². The molecule has 2 aromatic heterocycles. The summed E-state index contributed by atoms with van der Waals surface area (Å²) in [5.74, 6) is -0.0527. The highest BCUT2D eigenvalue weighted by molar-refractivity contribution is 6.74. The van der Waals surface area contributed by atoms with Crippen molar-refractivity contribution in [3.05, 3.63) is 77.9 Å². The van der Waals surface area contributed by atoms with Gasteiger partial charge in [0.05, 0.1) is 12.1 Å². The first kappa shape index (κ1) is 32.9. The van der Waals surface area contributed by atoms with Crippen molar-refractivity contribution < 1.29 is 18.8 Å². The minimum atomic E-state index is -2.22. The number of nitrogens with zero attached hydrogens (tertiary/aromatic N) is 4. The fourth-order valence-electron chi connectivity index (χ4n) is 6.11. The number of rotatable bonds is 8. The van der Waals surface area contributed by atoms with Crippen LogP contribution in [-0.4, -0.2) is 57.7 Å². The summed E-state index contributed by atoms with van der Waals surface area (Å²) in [6, 6.07) is 13.4. The van der Waals surface area contributed by atoms with Crippen LogP contribution in [0.25, 0.3) is 0 Å². The molecule has 45 heavy (non-hydrogen) atoms. The monoisotopic (exact) mass is 631 g/mol. The first-order valence-corrected chi connectivity index (χ1v) is 19.0. The van der Waals surface area contributed by atoms with Gasteiger partial charge in [-0.1, -0.05) is 39.0 Å². The third-order valence-electron chi connectivity index (χ3n) is 9.46. The largest absolute Gasteiger partial charge is 0.444 e. The first-order valence-electron chi connectivity index (χ1n) is 16.1. The molecule has 4 atom stereocenters. The van der Waals surface area contributed by atoms with Crippen LogP contribution in [0.15, 0.2) is 61.1 Å². The number of aromatic nitrogens is 3. The molecule has 0 aliphatic carbocycles. The summed E-state index contributed by atoms with van der Waals surface area (Å²) in [4.78, 5) is 33.3. The van der Waals surface area contributed by atoms with Crippen molar-refractivity contribution in [2.45, 2.75) is 122 Å². The Morgan fingerprint density at radius 3 is 2.38 bits per heavy atom. The average Bonchev–Trinajstić information content (AvgIpc) is 3.68. The predicted octanol–water partition coefficient (Wildman–Crippen LogP) is 7.48. The van der Waals surface area contributed by atoms with Gasteiger partial charge in [-0.05, 0) is 106 Å². The van der Waals surface area contributed by atoms with Gasteiger partial charge in [-0.2, -0.15) is 5.10 Å². The van der Waals surface area contributed by atoms with E-state index in [-0.39, 0.29) is 41.3 Å². The maximum atomic E-state index is 13.9. The van der Waals surface area contributed by atoms with E-state index in [1.807, 2.05) is 72.9 Å². The summed E-state index contributed by atoms with van der Waals surface area (Å²) in [7, 11) is -2.22. The Morgan fingerprint density at radius 2 is 1.73 bits per heavy atom. The quantitative estimate of drug-likeness (QED) is 0.259. The molecule has 9 nitrogen and oxygen atoms in total. The Kier molecular flexibility index (Phi) is 9.29. The van der Waals surface area contributed by atoms with Crippen LogP contribution >= 0.6 is 0 Å². The van der Waals surface area contributed by atoms with Crippen molar-refractivity contribution in [1.29, 1.82) is 0 Å². The van der Waals surface area contributed by atoms with E-state index in [9.17, 15) is 9.59 Å². The normalized spacial score (nSPS) is 21.0. The minimum Gasteiger partial charge on any atom is -0.444 e. The van der Waals surface area contributed by atoms with Gasteiger partial charge in [0.15, 0.2) is 8.32 Å². The van der Waals surface area contributed by atoms with Crippen LogP contribution < -0.4 is 5.32 Å². The van der Waals surface area contributed by atoms with E-state index in [2.05, 4.69) is 55.3 Å². The Hall–Kier alpha value is -3.50. The molecule has 1 fully saturated rings. The van der Waals surface area contributed by atoms with Gasteiger partial charge < -0.3 is 14.5 Å². The third kappa shape index (κ3) is 7.49. The fourth-order valence-corrected chi connectivity index (χ4v) is 7.39. The molecule has 242 valence electrons. The molecule has 2 aliphatic rings. The summed E-state index contributed by atoms with van der Waals surface area (Å²) in [6.07, 6.45) is 8.65. The number of fused-ring (bicyclic) bond motifs is 1. The highest BCUT2D eigenvalue weighted by Crippen LogP contribution is 2.44. The van der Waals surface area contributed by atoms with E-state index in [1.165, 1.54) is 0 Å². The van der Waals surface area contributed by atoms with E-state index < -0.39 is 13.9 Å². The zero-order valence-electron chi connectivity index (χ0n) is 28.0. The number of amides is 2. The number of likely N-dealkylation sites (tertiary alicyclic amines) is 1. The van der Waals surface area contributed by atoms with Crippen LogP contribution in [0, 0.1) is 0 Å². The Balaban J connectivity index is 1.36. The Morgan fingerprint density at radius 1 is 1.00 bits per heavy atom. The topological polar surface area (TPSA) is 98.6 Å². The van der Waals surface area contributed by atoms with Crippen LogP contribution in [0.4, 0.5) is 10.5 Å². The second-order valence-corrected chi connectivity index (χ2v) is 19.7.